The molecule has 2 aromatic carbocycles. The van der Waals surface area contributed by atoms with Crippen molar-refractivity contribution in [3.63, 3.8) is 0 Å². The fourth-order valence-electron chi connectivity index (χ4n) is 3.29. The molecule has 3 aromatic heterocycles. The van der Waals surface area contributed by atoms with Crippen LogP contribution >= 0.6 is 22.9 Å². The van der Waals surface area contributed by atoms with E-state index in [0.29, 0.717) is 22.0 Å². The Hall–Kier alpha value is -3.75. The molecule has 1 amide bonds. The Morgan fingerprint density at radius 1 is 1.09 bits per heavy atom. The first-order valence-corrected chi connectivity index (χ1v) is 10.8. The molecular weight excluding hydrogens is 448 g/mol. The first-order chi connectivity index (χ1) is 15.6. The zero-order valence-corrected chi connectivity index (χ0v) is 18.1. The zero-order chi connectivity index (χ0) is 22.1. The standard InChI is InChI=1S/C23H15ClN4O3S/c24-16-5-1-14(2-6-16)12-28-13-25-23(30)21-18(28)11-20(32-21)15-3-7-17(8-4-15)27-22(29)19-9-10-26-31-19/h1-11,13H,12H2,(H,27,29). The highest BCUT2D eigenvalue weighted by molar-refractivity contribution is 7.22. The van der Waals surface area contributed by atoms with Gasteiger partial charge >= 0.3 is 0 Å². The van der Waals surface area contributed by atoms with Crippen LogP contribution < -0.4 is 10.9 Å². The van der Waals surface area contributed by atoms with Gasteiger partial charge in [-0.3, -0.25) is 9.59 Å². The number of amides is 1. The second-order valence-corrected chi connectivity index (χ2v) is 8.53. The number of nitrogens with one attached hydrogen (secondary N) is 1. The summed E-state index contributed by atoms with van der Waals surface area (Å²) in [5, 5.41) is 6.96. The maximum Gasteiger partial charge on any atom is 0.294 e. The van der Waals surface area contributed by atoms with Crippen LogP contribution in [0.4, 0.5) is 5.69 Å². The van der Waals surface area contributed by atoms with E-state index in [-0.39, 0.29) is 17.2 Å². The number of thiophene rings is 1. The topological polar surface area (TPSA) is 90.0 Å². The summed E-state index contributed by atoms with van der Waals surface area (Å²) in [6.45, 7) is 0.573. The lowest BCUT2D eigenvalue weighted by atomic mass is 10.1. The molecule has 0 atom stereocenters. The summed E-state index contributed by atoms with van der Waals surface area (Å²) in [7, 11) is 0. The van der Waals surface area contributed by atoms with Crippen LogP contribution in [-0.4, -0.2) is 20.6 Å². The highest BCUT2D eigenvalue weighted by Gasteiger charge is 2.13. The molecule has 9 heteroatoms. The Morgan fingerprint density at radius 3 is 2.59 bits per heavy atom. The van der Waals surface area contributed by atoms with Crippen LogP contribution in [0.3, 0.4) is 0 Å². The van der Waals surface area contributed by atoms with Crippen LogP contribution in [0.1, 0.15) is 16.1 Å². The normalized spacial score (nSPS) is 11.0. The van der Waals surface area contributed by atoms with E-state index < -0.39 is 0 Å². The number of hydrogen-bond acceptors (Lipinski definition) is 6. The summed E-state index contributed by atoms with van der Waals surface area (Å²) in [6.07, 6.45) is 2.98. The van der Waals surface area contributed by atoms with E-state index in [1.165, 1.54) is 23.6 Å². The van der Waals surface area contributed by atoms with Crippen molar-refractivity contribution < 1.29 is 9.32 Å². The molecule has 1 N–H and O–H groups in total. The lowest BCUT2D eigenvalue weighted by Gasteiger charge is -2.07. The molecule has 5 rings (SSSR count). The van der Waals surface area contributed by atoms with Crippen molar-refractivity contribution in [3.8, 4) is 10.4 Å². The number of fused-ring (bicyclic) bond motifs is 1. The van der Waals surface area contributed by atoms with E-state index in [2.05, 4.69) is 15.5 Å². The number of rotatable bonds is 5. The van der Waals surface area contributed by atoms with Crippen LogP contribution in [-0.2, 0) is 6.54 Å². The lowest BCUT2D eigenvalue weighted by molar-refractivity contribution is 0.0988. The average molecular weight is 463 g/mol. The van der Waals surface area contributed by atoms with E-state index in [0.717, 1.165) is 21.5 Å². The second kappa shape index (κ2) is 8.41. The van der Waals surface area contributed by atoms with Crippen molar-refractivity contribution in [1.29, 1.82) is 0 Å². The maximum absolute atomic E-state index is 12.4. The Kier molecular flexibility index (Phi) is 5.30. The van der Waals surface area contributed by atoms with Crippen LogP contribution in [0, 0.1) is 0 Å². The molecule has 0 saturated carbocycles. The molecule has 0 aliphatic heterocycles. The first kappa shape index (κ1) is 20.2. The van der Waals surface area contributed by atoms with Gasteiger partial charge in [0.2, 0.25) is 5.76 Å². The van der Waals surface area contributed by atoms with E-state index >= 15 is 0 Å². The third-order valence-corrected chi connectivity index (χ3v) is 6.30. The minimum Gasteiger partial charge on any atom is -0.351 e. The number of anilines is 1. The van der Waals surface area contributed by atoms with Gasteiger partial charge < -0.3 is 14.4 Å². The van der Waals surface area contributed by atoms with E-state index in [1.54, 1.807) is 18.5 Å². The third-order valence-electron chi connectivity index (χ3n) is 4.89. The second-order valence-electron chi connectivity index (χ2n) is 7.04. The molecule has 0 unspecified atom stereocenters. The molecule has 0 fully saturated rings. The number of benzene rings is 2. The maximum atomic E-state index is 12.4. The molecule has 0 aliphatic carbocycles. The molecule has 0 radical (unpaired) electrons. The fraction of sp³-hybridized carbons (Fsp3) is 0.0435. The molecule has 0 aliphatic rings. The SMILES string of the molecule is O=C(Nc1ccc(-c2cc3c(s2)c(=O)ncn3Cc2ccc(Cl)cc2)cc1)c1ccno1. The minimum atomic E-state index is -0.373. The van der Waals surface area contributed by atoms with Gasteiger partial charge in [0.05, 0.1) is 18.0 Å². The number of aromatic nitrogens is 3. The summed E-state index contributed by atoms with van der Waals surface area (Å²) < 4.78 is 7.41. The Labute approximate surface area is 190 Å². The summed E-state index contributed by atoms with van der Waals surface area (Å²) in [5.74, 6) is -0.235. The van der Waals surface area contributed by atoms with Gasteiger partial charge in [0.15, 0.2) is 0 Å². The quantitative estimate of drug-likeness (QED) is 0.394. The Balaban J connectivity index is 1.43. The summed E-state index contributed by atoms with van der Waals surface area (Å²) in [6, 6.07) is 18.4. The van der Waals surface area contributed by atoms with E-state index in [4.69, 9.17) is 16.1 Å². The van der Waals surface area contributed by atoms with Crippen LogP contribution in [0.25, 0.3) is 20.7 Å². The molecule has 7 nitrogen and oxygen atoms in total. The number of halogens is 1. The van der Waals surface area contributed by atoms with Gasteiger partial charge in [-0.2, -0.15) is 4.98 Å². The van der Waals surface area contributed by atoms with Gasteiger partial charge in [0, 0.05) is 28.2 Å². The molecule has 32 heavy (non-hydrogen) atoms. The summed E-state index contributed by atoms with van der Waals surface area (Å²) >= 11 is 7.37. The molecule has 3 heterocycles. The van der Waals surface area contributed by atoms with Crippen molar-refractivity contribution in [1.82, 2.24) is 14.7 Å². The fourth-order valence-corrected chi connectivity index (χ4v) is 4.48. The van der Waals surface area contributed by atoms with Crippen molar-refractivity contribution in [2.75, 3.05) is 5.32 Å². The van der Waals surface area contributed by atoms with Gasteiger partial charge in [0.1, 0.15) is 4.70 Å². The number of hydrogen-bond donors (Lipinski definition) is 1. The smallest absolute Gasteiger partial charge is 0.294 e. The Bertz CT molecular complexity index is 1460. The van der Waals surface area contributed by atoms with Crippen LogP contribution in [0.5, 0.6) is 0 Å². The number of carbonyl (C=O) groups excluding carboxylic acids is 1. The summed E-state index contributed by atoms with van der Waals surface area (Å²) in [5.41, 5.74) is 3.18. The van der Waals surface area contributed by atoms with E-state index in [9.17, 15) is 9.59 Å². The predicted molar refractivity (Wildman–Crippen MR) is 124 cm³/mol. The summed E-state index contributed by atoms with van der Waals surface area (Å²) in [4.78, 5) is 29.4. The molecule has 0 bridgehead atoms. The van der Waals surface area contributed by atoms with Gasteiger partial charge in [-0.25, -0.2) is 0 Å². The molecule has 158 valence electrons. The first-order valence-electron chi connectivity index (χ1n) is 9.63. The van der Waals surface area contributed by atoms with Gasteiger partial charge in [-0.15, -0.1) is 11.3 Å². The van der Waals surface area contributed by atoms with Crippen LogP contribution in [0.2, 0.25) is 5.02 Å². The monoisotopic (exact) mass is 462 g/mol. The largest absolute Gasteiger partial charge is 0.351 e. The minimum absolute atomic E-state index is 0.138. The Morgan fingerprint density at radius 2 is 1.88 bits per heavy atom. The van der Waals surface area contributed by atoms with Crippen molar-refractivity contribution in [2.45, 2.75) is 6.54 Å². The van der Waals surface area contributed by atoms with E-state index in [1.807, 2.05) is 47.0 Å². The van der Waals surface area contributed by atoms with Crippen LogP contribution in [0.15, 0.2) is 82.5 Å². The zero-order valence-electron chi connectivity index (χ0n) is 16.5. The number of carbonyl (C=O) groups is 1. The average Bonchev–Trinajstić information content (AvgIpc) is 3.49. The van der Waals surface area contributed by atoms with Gasteiger partial charge in [-0.05, 0) is 41.5 Å². The highest BCUT2D eigenvalue weighted by atomic mass is 35.5. The van der Waals surface area contributed by atoms with Crippen molar-refractivity contribution in [2.24, 2.45) is 0 Å². The molecule has 0 saturated heterocycles. The molecule has 0 spiro atoms. The molecular formula is C23H15ClN4O3S. The van der Waals surface area contributed by atoms with Gasteiger partial charge in [0.25, 0.3) is 11.5 Å². The third kappa shape index (κ3) is 4.05. The number of nitrogens with zero attached hydrogens (tertiary/aromatic N) is 3. The van der Waals surface area contributed by atoms with Gasteiger partial charge in [-0.1, -0.05) is 41.0 Å². The lowest BCUT2D eigenvalue weighted by Crippen LogP contribution is -2.11. The van der Waals surface area contributed by atoms with Crippen molar-refractivity contribution in [3.05, 3.63) is 99.9 Å². The molecule has 5 aromatic rings. The predicted octanol–water partition coefficient (Wildman–Crippen LogP) is 5.07. The van der Waals surface area contributed by atoms with Crippen molar-refractivity contribution >= 4 is 44.7 Å². The highest BCUT2D eigenvalue weighted by Crippen LogP contribution is 2.32.